The molecule has 4 rings (SSSR count). The number of carbonyl (C=O) groups excluding carboxylic acids is 1. The summed E-state index contributed by atoms with van der Waals surface area (Å²) in [6.45, 7) is 3.23. The Kier molecular flexibility index (Phi) is 7.16. The summed E-state index contributed by atoms with van der Waals surface area (Å²) in [7, 11) is 3.52. The SMILES string of the molecule is CC(C1CN(C)CCN1C(=O)O)N(C)C(=O)N1CC(c2cc(F)ccc2F)=CC1c1cccc(O)c1. The molecule has 2 heterocycles. The van der Waals surface area contributed by atoms with Crippen LogP contribution in [0.5, 0.6) is 5.75 Å². The third-order valence-corrected chi connectivity index (χ3v) is 7.10. The van der Waals surface area contributed by atoms with Gasteiger partial charge in [-0.25, -0.2) is 18.4 Å². The molecule has 36 heavy (non-hydrogen) atoms. The van der Waals surface area contributed by atoms with Gasteiger partial charge < -0.3 is 29.8 Å². The third kappa shape index (κ3) is 4.99. The van der Waals surface area contributed by atoms with E-state index in [1.54, 1.807) is 32.2 Å². The van der Waals surface area contributed by atoms with Crippen LogP contribution in [0.3, 0.4) is 0 Å². The van der Waals surface area contributed by atoms with Crippen LogP contribution >= 0.6 is 0 Å². The van der Waals surface area contributed by atoms with Gasteiger partial charge in [-0.1, -0.05) is 18.2 Å². The predicted octanol–water partition coefficient (Wildman–Crippen LogP) is 3.85. The molecule has 1 fully saturated rings. The number of likely N-dealkylation sites (N-methyl/N-ethyl adjacent to an activating group) is 2. The number of hydrogen-bond donors (Lipinski definition) is 2. The molecule has 8 nitrogen and oxygen atoms in total. The fourth-order valence-electron chi connectivity index (χ4n) is 4.94. The summed E-state index contributed by atoms with van der Waals surface area (Å²) in [6.07, 6.45) is 0.659. The molecule has 2 aromatic rings. The number of aromatic hydroxyl groups is 1. The van der Waals surface area contributed by atoms with Crippen LogP contribution in [-0.2, 0) is 0 Å². The molecule has 0 aromatic heterocycles. The number of halogens is 2. The summed E-state index contributed by atoms with van der Waals surface area (Å²) in [6, 6.07) is 7.69. The molecule has 1 saturated heterocycles. The maximum absolute atomic E-state index is 14.6. The van der Waals surface area contributed by atoms with Gasteiger partial charge in [0, 0.05) is 38.8 Å². The van der Waals surface area contributed by atoms with Crippen LogP contribution in [0.15, 0.2) is 48.5 Å². The minimum Gasteiger partial charge on any atom is -0.508 e. The second-order valence-electron chi connectivity index (χ2n) is 9.42. The molecular weight excluding hydrogens is 470 g/mol. The Balaban J connectivity index is 1.65. The molecule has 2 aliphatic rings. The summed E-state index contributed by atoms with van der Waals surface area (Å²) in [4.78, 5) is 32.0. The zero-order valence-corrected chi connectivity index (χ0v) is 20.4. The number of piperazine rings is 1. The van der Waals surface area contributed by atoms with E-state index in [0.29, 0.717) is 30.8 Å². The van der Waals surface area contributed by atoms with E-state index in [9.17, 15) is 28.6 Å². The van der Waals surface area contributed by atoms with Gasteiger partial charge in [0.2, 0.25) is 0 Å². The van der Waals surface area contributed by atoms with Crippen LogP contribution in [0, 0.1) is 11.6 Å². The van der Waals surface area contributed by atoms with Gasteiger partial charge in [0.05, 0.1) is 18.1 Å². The number of phenolic OH excluding ortho intramolecular Hbond substituents is 1. The Morgan fingerprint density at radius 3 is 2.56 bits per heavy atom. The largest absolute Gasteiger partial charge is 0.508 e. The van der Waals surface area contributed by atoms with Gasteiger partial charge in [0.15, 0.2) is 0 Å². The summed E-state index contributed by atoms with van der Waals surface area (Å²) in [5.41, 5.74) is 1.12. The highest BCUT2D eigenvalue weighted by Crippen LogP contribution is 2.37. The van der Waals surface area contributed by atoms with Crippen molar-refractivity contribution >= 4 is 17.7 Å². The van der Waals surface area contributed by atoms with Gasteiger partial charge >= 0.3 is 12.1 Å². The molecule has 0 spiro atoms. The van der Waals surface area contributed by atoms with Crippen LogP contribution in [0.25, 0.3) is 5.57 Å². The van der Waals surface area contributed by atoms with Gasteiger partial charge in [0.25, 0.3) is 0 Å². The van der Waals surface area contributed by atoms with Crippen LogP contribution in [-0.4, -0.2) is 94.3 Å². The fourth-order valence-corrected chi connectivity index (χ4v) is 4.94. The van der Waals surface area contributed by atoms with Gasteiger partial charge in [-0.15, -0.1) is 0 Å². The molecule has 2 aromatic carbocycles. The molecule has 192 valence electrons. The van der Waals surface area contributed by atoms with Crippen molar-refractivity contribution in [3.05, 3.63) is 71.3 Å². The fraction of sp³-hybridized carbons (Fsp3) is 0.385. The standard InChI is InChI=1S/C26H30F2N4O4/c1-16(24-15-29(2)9-10-31(24)26(35)36)30(3)25(34)32-14-18(21-13-19(27)7-8-22(21)28)12-23(32)17-5-4-6-20(33)11-17/h4-8,11-13,16,23-24,33H,9-10,14-15H2,1-3H3,(H,35,36). The quantitative estimate of drug-likeness (QED) is 0.666. The number of nitrogens with zero attached hydrogens (tertiary/aromatic N) is 4. The van der Waals surface area contributed by atoms with Crippen LogP contribution in [0.2, 0.25) is 0 Å². The first-order chi connectivity index (χ1) is 17.1. The van der Waals surface area contributed by atoms with Crippen molar-refractivity contribution in [3.63, 3.8) is 0 Å². The molecule has 0 bridgehead atoms. The molecule has 3 atom stereocenters. The molecule has 2 aliphatic heterocycles. The number of phenols is 1. The van der Waals surface area contributed by atoms with E-state index in [1.807, 2.05) is 11.9 Å². The predicted molar refractivity (Wildman–Crippen MR) is 131 cm³/mol. The Morgan fingerprint density at radius 1 is 1.11 bits per heavy atom. The smallest absolute Gasteiger partial charge is 0.407 e. The first kappa shape index (κ1) is 25.4. The lowest BCUT2D eigenvalue weighted by atomic mass is 10.0. The number of carbonyl (C=O) groups is 2. The monoisotopic (exact) mass is 500 g/mol. The van der Waals surface area contributed by atoms with Gasteiger partial charge in [-0.05, 0) is 55.4 Å². The maximum Gasteiger partial charge on any atom is 0.407 e. The summed E-state index contributed by atoms with van der Waals surface area (Å²) >= 11 is 0. The van der Waals surface area contributed by atoms with E-state index in [2.05, 4.69) is 0 Å². The first-order valence-electron chi connectivity index (χ1n) is 11.7. The number of carboxylic acid groups (broad SMARTS) is 1. The van der Waals surface area contributed by atoms with Crippen molar-refractivity contribution in [3.8, 4) is 5.75 Å². The molecule has 3 amide bonds. The van der Waals surface area contributed by atoms with Crippen molar-refractivity contribution in [1.82, 2.24) is 19.6 Å². The normalized spacial score (nSPS) is 21.3. The molecule has 2 N–H and O–H groups in total. The minimum atomic E-state index is -1.04. The number of urea groups is 1. The topological polar surface area (TPSA) is 87.6 Å². The van der Waals surface area contributed by atoms with Crippen molar-refractivity contribution in [2.24, 2.45) is 0 Å². The molecule has 0 aliphatic carbocycles. The third-order valence-electron chi connectivity index (χ3n) is 7.10. The summed E-state index contributed by atoms with van der Waals surface area (Å²) < 4.78 is 28.5. The second kappa shape index (κ2) is 10.1. The summed E-state index contributed by atoms with van der Waals surface area (Å²) in [5, 5.41) is 19.7. The number of benzene rings is 2. The van der Waals surface area contributed by atoms with E-state index in [0.717, 1.165) is 18.2 Å². The van der Waals surface area contributed by atoms with E-state index in [4.69, 9.17) is 0 Å². The van der Waals surface area contributed by atoms with Crippen LogP contribution in [0.4, 0.5) is 18.4 Å². The average Bonchev–Trinajstić information content (AvgIpc) is 3.29. The molecular formula is C26H30F2N4O4. The van der Waals surface area contributed by atoms with Gasteiger partial charge in [0.1, 0.15) is 17.4 Å². The van der Waals surface area contributed by atoms with Crippen molar-refractivity contribution < 1.29 is 28.6 Å². The van der Waals surface area contributed by atoms with Crippen molar-refractivity contribution in [2.45, 2.75) is 25.0 Å². The van der Waals surface area contributed by atoms with E-state index in [-0.39, 0.29) is 17.9 Å². The summed E-state index contributed by atoms with van der Waals surface area (Å²) in [5.74, 6) is -1.18. The van der Waals surface area contributed by atoms with Gasteiger partial charge in [-0.2, -0.15) is 0 Å². The zero-order chi connectivity index (χ0) is 26.1. The first-order valence-corrected chi connectivity index (χ1v) is 11.7. The van der Waals surface area contributed by atoms with E-state index in [1.165, 1.54) is 26.8 Å². The van der Waals surface area contributed by atoms with Gasteiger partial charge in [-0.3, -0.25) is 0 Å². The van der Waals surface area contributed by atoms with E-state index < -0.39 is 41.9 Å². The lowest BCUT2D eigenvalue weighted by Crippen LogP contribution is -2.62. The van der Waals surface area contributed by atoms with E-state index >= 15 is 0 Å². The number of amides is 3. The molecule has 10 heteroatoms. The molecule has 0 saturated carbocycles. The lowest BCUT2D eigenvalue weighted by molar-refractivity contribution is 0.0414. The Labute approximate surface area is 208 Å². The number of rotatable bonds is 4. The van der Waals surface area contributed by atoms with Crippen LogP contribution in [0.1, 0.15) is 24.1 Å². The molecule has 3 unspecified atom stereocenters. The Bertz CT molecular complexity index is 1190. The Hall–Kier alpha value is -3.66. The van der Waals surface area contributed by atoms with Crippen LogP contribution < -0.4 is 0 Å². The second-order valence-corrected chi connectivity index (χ2v) is 9.42. The van der Waals surface area contributed by atoms with Crippen molar-refractivity contribution in [1.29, 1.82) is 0 Å². The highest BCUT2D eigenvalue weighted by molar-refractivity contribution is 5.82. The molecule has 0 radical (unpaired) electrons. The highest BCUT2D eigenvalue weighted by Gasteiger charge is 2.39. The number of hydrogen-bond acceptors (Lipinski definition) is 4. The minimum absolute atomic E-state index is 0.0164. The zero-order valence-electron chi connectivity index (χ0n) is 20.4. The average molecular weight is 501 g/mol. The van der Waals surface area contributed by atoms with Crippen molar-refractivity contribution in [2.75, 3.05) is 40.3 Å². The highest BCUT2D eigenvalue weighted by atomic mass is 19.1. The Morgan fingerprint density at radius 2 is 1.86 bits per heavy atom. The lowest BCUT2D eigenvalue weighted by Gasteiger charge is -2.44. The maximum atomic E-state index is 14.6.